The van der Waals surface area contributed by atoms with Crippen LogP contribution in [-0.4, -0.2) is 0 Å². The molecule has 0 aliphatic heterocycles. The molecule has 0 heterocycles. The van der Waals surface area contributed by atoms with E-state index in [9.17, 15) is 0 Å². The molecule has 0 spiro atoms. The normalized spacial score (nSPS) is 19.8. The molecule has 6 atom stereocenters. The van der Waals surface area contributed by atoms with Crippen LogP contribution in [0.25, 0.3) is 0 Å². The van der Waals surface area contributed by atoms with E-state index < -0.39 is 0 Å². The Labute approximate surface area is 155 Å². The molecule has 0 aliphatic carbocycles. The first-order chi connectivity index (χ1) is 11.1. The van der Waals surface area contributed by atoms with Gasteiger partial charge < -0.3 is 0 Å². The molecular weight excluding hydrogens is 288 g/mol. The molecule has 0 aromatic heterocycles. The molecule has 0 aromatic carbocycles. The van der Waals surface area contributed by atoms with Crippen LogP contribution in [0, 0.1) is 41.4 Å². The Kier molecular flexibility index (Phi) is 13.2. The average Bonchev–Trinajstić information content (AvgIpc) is 2.35. The van der Waals surface area contributed by atoms with Gasteiger partial charge in [-0.3, -0.25) is 0 Å². The van der Waals surface area contributed by atoms with E-state index in [1.54, 1.807) is 0 Å². The summed E-state index contributed by atoms with van der Waals surface area (Å²) in [6.07, 6.45) is 11.3. The van der Waals surface area contributed by atoms with Crippen LogP contribution in [0.2, 0.25) is 0 Å². The van der Waals surface area contributed by atoms with Gasteiger partial charge in [0.05, 0.1) is 0 Å². The molecule has 6 unspecified atom stereocenters. The zero-order chi connectivity index (χ0) is 18.7. The summed E-state index contributed by atoms with van der Waals surface area (Å²) in [4.78, 5) is 0. The predicted molar refractivity (Wildman–Crippen MR) is 112 cm³/mol. The fraction of sp³-hybridized carbons (Fsp3) is 1.00. The molecule has 0 nitrogen and oxygen atoms in total. The number of hydrogen-bond acceptors (Lipinski definition) is 0. The van der Waals surface area contributed by atoms with Gasteiger partial charge in [-0.15, -0.1) is 0 Å². The zero-order valence-corrected chi connectivity index (χ0v) is 18.7. The minimum absolute atomic E-state index is 0.848. The highest BCUT2D eigenvalue weighted by Crippen LogP contribution is 2.30. The SMILES string of the molecule is CCCC(C)CC(C)CC(C)CC(C)CC(C)CC(C)CC(C)C. The maximum absolute atomic E-state index is 2.49. The van der Waals surface area contributed by atoms with Gasteiger partial charge in [0.25, 0.3) is 0 Å². The van der Waals surface area contributed by atoms with Crippen molar-refractivity contribution in [3.8, 4) is 0 Å². The second-order valence-corrected chi connectivity index (χ2v) is 10.2. The minimum Gasteiger partial charge on any atom is -0.0654 e. The van der Waals surface area contributed by atoms with E-state index in [0.29, 0.717) is 0 Å². The fourth-order valence-corrected chi connectivity index (χ4v) is 5.33. The lowest BCUT2D eigenvalue weighted by molar-refractivity contribution is 0.264. The Balaban J connectivity index is 4.01. The van der Waals surface area contributed by atoms with Crippen molar-refractivity contribution in [1.82, 2.24) is 0 Å². The molecule has 0 radical (unpaired) electrons. The highest BCUT2D eigenvalue weighted by molar-refractivity contribution is 4.69. The van der Waals surface area contributed by atoms with E-state index >= 15 is 0 Å². The standard InChI is InChI=1S/C24H50/c1-10-11-19(4)13-21(6)15-23(8)17-24(9)16-22(7)14-20(5)12-18(2)3/h18-24H,10-17H2,1-9H3. The molecule has 0 saturated carbocycles. The van der Waals surface area contributed by atoms with Crippen LogP contribution >= 0.6 is 0 Å². The Morgan fingerprint density at radius 2 is 0.708 bits per heavy atom. The van der Waals surface area contributed by atoms with E-state index in [1.807, 2.05) is 0 Å². The van der Waals surface area contributed by atoms with Crippen LogP contribution in [0.5, 0.6) is 0 Å². The van der Waals surface area contributed by atoms with Gasteiger partial charge >= 0.3 is 0 Å². The first-order valence-corrected chi connectivity index (χ1v) is 11.1. The Morgan fingerprint density at radius 1 is 0.417 bits per heavy atom. The van der Waals surface area contributed by atoms with E-state index in [1.165, 1.54) is 51.4 Å². The Bertz CT molecular complexity index is 280. The summed E-state index contributed by atoms with van der Waals surface area (Å²) in [6, 6.07) is 0. The first kappa shape index (κ1) is 24.0. The topological polar surface area (TPSA) is 0 Å². The van der Waals surface area contributed by atoms with Gasteiger partial charge in [0.2, 0.25) is 0 Å². The van der Waals surface area contributed by atoms with E-state index in [4.69, 9.17) is 0 Å². The summed E-state index contributed by atoms with van der Waals surface area (Å²) in [5.41, 5.74) is 0. The van der Waals surface area contributed by atoms with Gasteiger partial charge in [-0.25, -0.2) is 0 Å². The van der Waals surface area contributed by atoms with Gasteiger partial charge in [-0.1, -0.05) is 75.2 Å². The molecule has 0 aliphatic rings. The average molecular weight is 339 g/mol. The molecule has 0 bridgehead atoms. The van der Waals surface area contributed by atoms with Crippen molar-refractivity contribution < 1.29 is 0 Å². The lowest BCUT2D eigenvalue weighted by Gasteiger charge is -2.25. The molecule has 0 N–H and O–H groups in total. The summed E-state index contributed by atoms with van der Waals surface area (Å²) in [6.45, 7) is 21.8. The third-order valence-corrected chi connectivity index (χ3v) is 5.68. The van der Waals surface area contributed by atoms with Gasteiger partial charge in [0.1, 0.15) is 0 Å². The van der Waals surface area contributed by atoms with Crippen LogP contribution < -0.4 is 0 Å². The third kappa shape index (κ3) is 13.3. The molecule has 0 aromatic rings. The smallest absolute Gasteiger partial charge is 0.0438 e. The monoisotopic (exact) mass is 338 g/mol. The second-order valence-electron chi connectivity index (χ2n) is 10.2. The number of hydrogen-bond donors (Lipinski definition) is 0. The summed E-state index contributed by atoms with van der Waals surface area (Å²) in [7, 11) is 0. The highest BCUT2D eigenvalue weighted by atomic mass is 14.2. The molecule has 0 fully saturated rings. The highest BCUT2D eigenvalue weighted by Gasteiger charge is 2.17. The fourth-order valence-electron chi connectivity index (χ4n) is 5.33. The maximum Gasteiger partial charge on any atom is -0.0438 e. The Morgan fingerprint density at radius 3 is 1.00 bits per heavy atom. The van der Waals surface area contributed by atoms with Crippen molar-refractivity contribution in [3.63, 3.8) is 0 Å². The van der Waals surface area contributed by atoms with E-state index in [2.05, 4.69) is 62.3 Å². The lowest BCUT2D eigenvalue weighted by Crippen LogP contribution is -2.13. The summed E-state index contributed by atoms with van der Waals surface area (Å²) in [5.74, 6) is 6.23. The summed E-state index contributed by atoms with van der Waals surface area (Å²) in [5, 5.41) is 0. The van der Waals surface area contributed by atoms with E-state index in [0.717, 1.165) is 41.4 Å². The van der Waals surface area contributed by atoms with Crippen molar-refractivity contribution in [2.24, 2.45) is 41.4 Å². The van der Waals surface area contributed by atoms with Crippen molar-refractivity contribution in [2.75, 3.05) is 0 Å². The lowest BCUT2D eigenvalue weighted by atomic mass is 9.81. The molecule has 0 amide bonds. The van der Waals surface area contributed by atoms with Crippen LogP contribution in [0.15, 0.2) is 0 Å². The van der Waals surface area contributed by atoms with Crippen LogP contribution in [-0.2, 0) is 0 Å². The molecule has 0 rings (SSSR count). The van der Waals surface area contributed by atoms with Gasteiger partial charge in [-0.05, 0) is 80.0 Å². The summed E-state index contributed by atoms with van der Waals surface area (Å²) >= 11 is 0. The largest absolute Gasteiger partial charge is 0.0654 e. The van der Waals surface area contributed by atoms with Crippen LogP contribution in [0.1, 0.15) is 114 Å². The molecule has 0 saturated heterocycles. The second kappa shape index (κ2) is 13.2. The number of rotatable bonds is 14. The summed E-state index contributed by atoms with van der Waals surface area (Å²) < 4.78 is 0. The maximum atomic E-state index is 2.49. The van der Waals surface area contributed by atoms with Gasteiger partial charge in [0.15, 0.2) is 0 Å². The first-order valence-electron chi connectivity index (χ1n) is 11.1. The predicted octanol–water partition coefficient (Wildman–Crippen LogP) is 8.60. The molecule has 0 heteroatoms. The van der Waals surface area contributed by atoms with Gasteiger partial charge in [-0.2, -0.15) is 0 Å². The van der Waals surface area contributed by atoms with Crippen molar-refractivity contribution >= 4 is 0 Å². The molecular formula is C24H50. The van der Waals surface area contributed by atoms with E-state index in [-0.39, 0.29) is 0 Å². The van der Waals surface area contributed by atoms with Gasteiger partial charge in [0, 0.05) is 0 Å². The van der Waals surface area contributed by atoms with Crippen molar-refractivity contribution in [3.05, 3.63) is 0 Å². The van der Waals surface area contributed by atoms with Crippen LogP contribution in [0.3, 0.4) is 0 Å². The third-order valence-electron chi connectivity index (χ3n) is 5.68. The minimum atomic E-state index is 0.848. The quantitative estimate of drug-likeness (QED) is 0.297. The van der Waals surface area contributed by atoms with Crippen molar-refractivity contribution in [2.45, 2.75) is 114 Å². The zero-order valence-electron chi connectivity index (χ0n) is 18.7. The van der Waals surface area contributed by atoms with Crippen LogP contribution in [0.4, 0.5) is 0 Å². The Hall–Kier alpha value is 0. The van der Waals surface area contributed by atoms with Crippen molar-refractivity contribution in [1.29, 1.82) is 0 Å². The molecule has 146 valence electrons. The molecule has 24 heavy (non-hydrogen) atoms.